The fourth-order valence-electron chi connectivity index (χ4n) is 3.92. The molecule has 0 saturated carbocycles. The number of methoxy groups -OCH3 is 2. The molecule has 1 amide bonds. The number of aryl methyl sites for hydroxylation is 1. The van der Waals surface area contributed by atoms with E-state index in [2.05, 4.69) is 20.8 Å². The maximum absolute atomic E-state index is 13.0. The van der Waals surface area contributed by atoms with Gasteiger partial charge in [0.25, 0.3) is 5.91 Å². The van der Waals surface area contributed by atoms with Gasteiger partial charge in [0.2, 0.25) is 0 Å². The van der Waals surface area contributed by atoms with Crippen molar-refractivity contribution in [1.82, 2.24) is 20.3 Å². The lowest BCUT2D eigenvalue weighted by molar-refractivity contribution is 0.0975. The summed E-state index contributed by atoms with van der Waals surface area (Å²) in [6.07, 6.45) is 0. The average molecular weight is 498 g/mol. The molecule has 0 fully saturated rings. The van der Waals surface area contributed by atoms with Crippen LogP contribution in [0.2, 0.25) is 0 Å². The number of benzene rings is 4. The van der Waals surface area contributed by atoms with E-state index in [0.29, 0.717) is 16.8 Å². The van der Waals surface area contributed by atoms with E-state index in [1.165, 1.54) is 7.11 Å². The van der Waals surface area contributed by atoms with Crippen molar-refractivity contribution >= 4 is 50.7 Å². The number of hydrogen-bond acceptors (Lipinski definition) is 6. The molecule has 0 spiro atoms. The Morgan fingerprint density at radius 3 is 2.22 bits per heavy atom. The molecule has 2 N–H and O–H groups in total. The number of carbonyl (C=O) groups is 1. The number of nitrogens with zero attached hydrogens (tertiary/aromatic N) is 3. The number of aromatic nitrogens is 3. The molecule has 5 rings (SSSR count). The summed E-state index contributed by atoms with van der Waals surface area (Å²) in [5.41, 5.74) is 4.26. The van der Waals surface area contributed by atoms with Gasteiger partial charge in [0.1, 0.15) is 22.5 Å². The molecule has 8 nitrogen and oxygen atoms in total. The quantitative estimate of drug-likeness (QED) is 0.329. The first kappa shape index (κ1) is 23.3. The van der Waals surface area contributed by atoms with Crippen molar-refractivity contribution in [2.45, 2.75) is 6.92 Å². The maximum Gasteiger partial charge on any atom is 0.261 e. The number of amides is 1. The predicted molar refractivity (Wildman–Crippen MR) is 144 cm³/mol. The first-order valence-corrected chi connectivity index (χ1v) is 11.6. The van der Waals surface area contributed by atoms with Crippen LogP contribution in [-0.2, 0) is 0 Å². The van der Waals surface area contributed by atoms with Crippen LogP contribution in [0, 0.1) is 6.92 Å². The number of rotatable bonds is 5. The predicted octanol–water partition coefficient (Wildman–Crippen LogP) is 5.03. The first-order valence-electron chi connectivity index (χ1n) is 11.2. The van der Waals surface area contributed by atoms with E-state index in [9.17, 15) is 4.79 Å². The van der Waals surface area contributed by atoms with Crippen LogP contribution in [0.4, 0.5) is 5.69 Å². The van der Waals surface area contributed by atoms with Crippen LogP contribution < -0.4 is 20.1 Å². The van der Waals surface area contributed by atoms with Gasteiger partial charge in [-0.05, 0) is 84.0 Å². The third-order valence-electron chi connectivity index (χ3n) is 5.82. The highest BCUT2D eigenvalue weighted by molar-refractivity contribution is 7.80. The van der Waals surface area contributed by atoms with Crippen LogP contribution in [0.25, 0.3) is 27.5 Å². The zero-order valence-electron chi connectivity index (χ0n) is 19.9. The SMILES string of the molecule is COc1ccc(-n2nc3cc(C)c(NC(=S)NC(=O)c4cc5ccccc5cc4OC)cc3n2)cc1. The van der Waals surface area contributed by atoms with Gasteiger partial charge in [-0.2, -0.15) is 4.80 Å². The summed E-state index contributed by atoms with van der Waals surface area (Å²) in [6, 6.07) is 22.7. The zero-order valence-corrected chi connectivity index (χ0v) is 20.7. The van der Waals surface area contributed by atoms with Crippen molar-refractivity contribution in [3.05, 3.63) is 83.9 Å². The second kappa shape index (κ2) is 9.63. The summed E-state index contributed by atoms with van der Waals surface area (Å²) in [4.78, 5) is 14.6. The van der Waals surface area contributed by atoms with Gasteiger partial charge in [0.15, 0.2) is 5.11 Å². The fraction of sp³-hybridized carbons (Fsp3) is 0.111. The van der Waals surface area contributed by atoms with Crippen molar-refractivity contribution in [1.29, 1.82) is 0 Å². The van der Waals surface area contributed by atoms with Crippen LogP contribution in [0.1, 0.15) is 15.9 Å². The Kier molecular flexibility index (Phi) is 6.22. The highest BCUT2D eigenvalue weighted by Gasteiger charge is 2.16. The molecule has 5 aromatic rings. The van der Waals surface area contributed by atoms with E-state index in [4.69, 9.17) is 21.7 Å². The van der Waals surface area contributed by atoms with Crippen molar-refractivity contribution in [3.63, 3.8) is 0 Å². The number of anilines is 1. The summed E-state index contributed by atoms with van der Waals surface area (Å²) < 4.78 is 10.7. The number of nitrogens with one attached hydrogen (secondary N) is 2. The Hall–Kier alpha value is -4.50. The van der Waals surface area contributed by atoms with E-state index in [1.54, 1.807) is 18.0 Å². The Labute approximate surface area is 212 Å². The van der Waals surface area contributed by atoms with E-state index >= 15 is 0 Å². The van der Waals surface area contributed by atoms with Crippen molar-refractivity contribution in [2.75, 3.05) is 19.5 Å². The molecular formula is C27H23N5O3S. The Morgan fingerprint density at radius 2 is 1.56 bits per heavy atom. The topological polar surface area (TPSA) is 90.3 Å². The standard InChI is InChI=1S/C27H23N5O3S/c1-16-12-23-24(31-32(30-23)19-8-10-20(34-2)11-9-19)15-22(16)28-27(36)29-26(33)21-13-17-6-4-5-7-18(17)14-25(21)35-3/h4-15H,1-3H3,(H2,28,29,33,36). The summed E-state index contributed by atoms with van der Waals surface area (Å²) >= 11 is 5.44. The molecule has 0 aliphatic heterocycles. The third-order valence-corrected chi connectivity index (χ3v) is 6.02. The van der Waals surface area contributed by atoms with Crippen LogP contribution in [0.15, 0.2) is 72.8 Å². The van der Waals surface area contributed by atoms with E-state index in [-0.39, 0.29) is 11.0 Å². The second-order valence-electron chi connectivity index (χ2n) is 8.15. The van der Waals surface area contributed by atoms with Gasteiger partial charge < -0.3 is 14.8 Å². The summed E-state index contributed by atoms with van der Waals surface area (Å²) in [5.74, 6) is 0.871. The molecule has 1 heterocycles. The van der Waals surface area contributed by atoms with Gasteiger partial charge in [0.05, 0.1) is 25.5 Å². The first-order chi connectivity index (χ1) is 17.4. The summed E-state index contributed by atoms with van der Waals surface area (Å²) in [7, 11) is 3.16. The number of fused-ring (bicyclic) bond motifs is 2. The monoisotopic (exact) mass is 497 g/mol. The average Bonchev–Trinajstić information content (AvgIpc) is 3.30. The minimum Gasteiger partial charge on any atom is -0.497 e. The van der Waals surface area contributed by atoms with Gasteiger partial charge in [-0.15, -0.1) is 10.2 Å². The highest BCUT2D eigenvalue weighted by atomic mass is 32.1. The lowest BCUT2D eigenvalue weighted by Crippen LogP contribution is -2.34. The summed E-state index contributed by atoms with van der Waals surface area (Å²) in [5, 5.41) is 17.1. The molecule has 0 atom stereocenters. The molecule has 0 saturated heterocycles. The lowest BCUT2D eigenvalue weighted by Gasteiger charge is -2.14. The molecule has 9 heteroatoms. The van der Waals surface area contributed by atoms with Crippen molar-refractivity contribution in [2.24, 2.45) is 0 Å². The smallest absolute Gasteiger partial charge is 0.261 e. The minimum absolute atomic E-state index is 0.167. The molecular weight excluding hydrogens is 474 g/mol. The minimum atomic E-state index is -0.362. The number of thiocarbonyl (C=S) groups is 1. The molecule has 4 aromatic carbocycles. The van der Waals surface area contributed by atoms with Gasteiger partial charge >= 0.3 is 0 Å². The molecule has 0 bridgehead atoms. The highest BCUT2D eigenvalue weighted by Crippen LogP contribution is 2.26. The van der Waals surface area contributed by atoms with Crippen LogP contribution in [0.5, 0.6) is 11.5 Å². The normalized spacial score (nSPS) is 10.9. The molecule has 0 aliphatic rings. The van der Waals surface area contributed by atoms with Crippen molar-refractivity contribution < 1.29 is 14.3 Å². The molecule has 1 aromatic heterocycles. The third kappa shape index (κ3) is 4.56. The van der Waals surface area contributed by atoms with Gasteiger partial charge in [-0.3, -0.25) is 10.1 Å². The fourth-order valence-corrected chi connectivity index (χ4v) is 4.13. The van der Waals surface area contributed by atoms with E-state index < -0.39 is 0 Å². The maximum atomic E-state index is 13.0. The number of hydrogen-bond donors (Lipinski definition) is 2. The Bertz CT molecular complexity index is 1610. The van der Waals surface area contributed by atoms with Gasteiger partial charge in [0, 0.05) is 5.69 Å². The van der Waals surface area contributed by atoms with E-state index in [1.807, 2.05) is 73.7 Å². The number of ether oxygens (including phenoxy) is 2. The largest absolute Gasteiger partial charge is 0.497 e. The molecule has 180 valence electrons. The molecule has 0 radical (unpaired) electrons. The Morgan fingerprint density at radius 1 is 0.889 bits per heavy atom. The van der Waals surface area contributed by atoms with Crippen molar-refractivity contribution in [3.8, 4) is 17.2 Å². The zero-order chi connectivity index (χ0) is 25.2. The van der Waals surface area contributed by atoms with Gasteiger partial charge in [-0.1, -0.05) is 24.3 Å². The lowest BCUT2D eigenvalue weighted by atomic mass is 10.1. The van der Waals surface area contributed by atoms with Crippen LogP contribution in [-0.4, -0.2) is 40.2 Å². The molecule has 0 unspecified atom stereocenters. The molecule has 36 heavy (non-hydrogen) atoms. The van der Waals surface area contributed by atoms with Crippen LogP contribution >= 0.6 is 12.2 Å². The van der Waals surface area contributed by atoms with Crippen LogP contribution in [0.3, 0.4) is 0 Å². The molecule has 0 aliphatic carbocycles. The number of carbonyl (C=O) groups excluding carboxylic acids is 1. The summed E-state index contributed by atoms with van der Waals surface area (Å²) in [6.45, 7) is 1.94. The van der Waals surface area contributed by atoms with E-state index in [0.717, 1.165) is 39.0 Å². The Balaban J connectivity index is 1.35. The van der Waals surface area contributed by atoms with Gasteiger partial charge in [-0.25, -0.2) is 0 Å². The second-order valence-corrected chi connectivity index (χ2v) is 8.56.